The van der Waals surface area contributed by atoms with Gasteiger partial charge in [-0.2, -0.15) is 5.10 Å². The van der Waals surface area contributed by atoms with Crippen LogP contribution < -0.4 is 16.6 Å². The van der Waals surface area contributed by atoms with E-state index in [1.165, 1.54) is 0 Å². The van der Waals surface area contributed by atoms with E-state index in [1.54, 1.807) is 36.0 Å². The Bertz CT molecular complexity index is 592. The first-order chi connectivity index (χ1) is 9.12. The van der Waals surface area contributed by atoms with Crippen molar-refractivity contribution in [1.82, 2.24) is 14.8 Å². The van der Waals surface area contributed by atoms with Crippen molar-refractivity contribution in [3.63, 3.8) is 0 Å². The first kappa shape index (κ1) is 13.0. The molecule has 0 aliphatic rings. The molecule has 2 aromatic heterocycles. The Morgan fingerprint density at radius 1 is 1.42 bits per heavy atom. The van der Waals surface area contributed by atoms with Crippen molar-refractivity contribution < 1.29 is 4.79 Å². The minimum Gasteiger partial charge on any atom is -0.308 e. The van der Waals surface area contributed by atoms with Crippen LogP contribution in [0.15, 0.2) is 24.4 Å². The number of anilines is 2. The summed E-state index contributed by atoms with van der Waals surface area (Å²) in [7, 11) is 0. The molecular weight excluding hydrogens is 244 g/mol. The first-order valence-electron chi connectivity index (χ1n) is 5.92. The number of pyridine rings is 1. The van der Waals surface area contributed by atoms with Crippen LogP contribution in [0.25, 0.3) is 0 Å². The van der Waals surface area contributed by atoms with Crippen molar-refractivity contribution in [1.29, 1.82) is 0 Å². The van der Waals surface area contributed by atoms with Gasteiger partial charge in [0.05, 0.1) is 0 Å². The van der Waals surface area contributed by atoms with Crippen LogP contribution in [0.2, 0.25) is 0 Å². The Morgan fingerprint density at radius 3 is 2.84 bits per heavy atom. The number of carbonyl (C=O) groups excluding carboxylic acids is 1. The molecule has 0 spiro atoms. The molecule has 0 saturated heterocycles. The molecular formula is C12H16N6O. The zero-order chi connectivity index (χ0) is 13.8. The molecule has 0 saturated carbocycles. The molecule has 2 heterocycles. The lowest BCUT2D eigenvalue weighted by atomic mass is 10.2. The zero-order valence-corrected chi connectivity index (χ0v) is 10.8. The minimum atomic E-state index is -0.247. The molecule has 0 atom stereocenters. The number of amides is 1. The lowest BCUT2D eigenvalue weighted by Crippen LogP contribution is -2.15. The molecule has 0 bridgehead atoms. The van der Waals surface area contributed by atoms with Crippen molar-refractivity contribution in [2.24, 2.45) is 5.84 Å². The molecule has 100 valence electrons. The molecule has 7 nitrogen and oxygen atoms in total. The molecule has 0 unspecified atom stereocenters. The van der Waals surface area contributed by atoms with Gasteiger partial charge < -0.3 is 10.7 Å². The van der Waals surface area contributed by atoms with E-state index in [9.17, 15) is 4.79 Å². The average Bonchev–Trinajstić information content (AvgIpc) is 2.85. The summed E-state index contributed by atoms with van der Waals surface area (Å²) in [5.41, 5.74) is 3.62. The molecule has 0 aliphatic heterocycles. The molecule has 0 fully saturated rings. The molecule has 2 aromatic rings. The smallest absolute Gasteiger partial charge is 0.257 e. The fraction of sp³-hybridized carbons (Fsp3) is 0.250. The van der Waals surface area contributed by atoms with Crippen LogP contribution in [0.4, 0.5) is 11.6 Å². The third kappa shape index (κ3) is 3.08. The van der Waals surface area contributed by atoms with E-state index >= 15 is 0 Å². The highest BCUT2D eigenvalue weighted by Gasteiger charge is 2.10. The maximum absolute atomic E-state index is 12.1. The maximum atomic E-state index is 12.1. The summed E-state index contributed by atoms with van der Waals surface area (Å²) < 4.78 is 1.74. The predicted molar refractivity (Wildman–Crippen MR) is 72.6 cm³/mol. The van der Waals surface area contributed by atoms with E-state index in [1.807, 2.05) is 6.92 Å². The SMILES string of the molecule is CCn1ccc(NC(=O)c2cc(C)nc(NN)c2)n1. The van der Waals surface area contributed by atoms with Gasteiger partial charge in [0.2, 0.25) is 0 Å². The molecule has 19 heavy (non-hydrogen) atoms. The van der Waals surface area contributed by atoms with E-state index in [0.717, 1.165) is 6.54 Å². The molecule has 4 N–H and O–H groups in total. The van der Waals surface area contributed by atoms with Crippen LogP contribution >= 0.6 is 0 Å². The van der Waals surface area contributed by atoms with Gasteiger partial charge in [-0.3, -0.25) is 9.48 Å². The van der Waals surface area contributed by atoms with E-state index in [-0.39, 0.29) is 5.91 Å². The first-order valence-corrected chi connectivity index (χ1v) is 5.92. The molecule has 7 heteroatoms. The van der Waals surface area contributed by atoms with Gasteiger partial charge >= 0.3 is 0 Å². The average molecular weight is 260 g/mol. The minimum absolute atomic E-state index is 0.247. The summed E-state index contributed by atoms with van der Waals surface area (Å²) in [6.45, 7) is 4.53. The number of nitrogens with zero attached hydrogens (tertiary/aromatic N) is 3. The van der Waals surface area contributed by atoms with Gasteiger partial charge in [-0.15, -0.1) is 0 Å². The summed E-state index contributed by atoms with van der Waals surface area (Å²) in [5.74, 6) is 6.02. The number of nitrogens with one attached hydrogen (secondary N) is 2. The van der Waals surface area contributed by atoms with Crippen molar-refractivity contribution in [3.8, 4) is 0 Å². The second kappa shape index (κ2) is 5.49. The van der Waals surface area contributed by atoms with Crippen LogP contribution in [0.1, 0.15) is 23.0 Å². The summed E-state index contributed by atoms with van der Waals surface area (Å²) in [6.07, 6.45) is 1.81. The topological polar surface area (TPSA) is 97.9 Å². The molecule has 2 rings (SSSR count). The van der Waals surface area contributed by atoms with Crippen LogP contribution in [0.5, 0.6) is 0 Å². The fourth-order valence-corrected chi connectivity index (χ4v) is 1.67. The number of nitrogens with two attached hydrogens (primary N) is 1. The number of aryl methyl sites for hydroxylation is 2. The number of aromatic nitrogens is 3. The molecule has 0 radical (unpaired) electrons. The summed E-state index contributed by atoms with van der Waals surface area (Å²) in [5, 5.41) is 6.91. The molecule has 0 aliphatic carbocycles. The summed E-state index contributed by atoms with van der Waals surface area (Å²) in [6, 6.07) is 5.02. The Labute approximate surface area is 110 Å². The highest BCUT2D eigenvalue weighted by Crippen LogP contribution is 2.11. The van der Waals surface area contributed by atoms with Crippen LogP contribution in [-0.4, -0.2) is 20.7 Å². The van der Waals surface area contributed by atoms with Gasteiger partial charge in [-0.05, 0) is 26.0 Å². The number of hydrogen-bond acceptors (Lipinski definition) is 5. The summed E-state index contributed by atoms with van der Waals surface area (Å²) >= 11 is 0. The van der Waals surface area contributed by atoms with E-state index in [4.69, 9.17) is 5.84 Å². The zero-order valence-electron chi connectivity index (χ0n) is 10.8. The van der Waals surface area contributed by atoms with Crippen molar-refractivity contribution >= 4 is 17.5 Å². The van der Waals surface area contributed by atoms with Gasteiger partial charge in [-0.25, -0.2) is 10.8 Å². The van der Waals surface area contributed by atoms with E-state index in [0.29, 0.717) is 22.9 Å². The normalized spacial score (nSPS) is 10.3. The second-order valence-corrected chi connectivity index (χ2v) is 4.04. The number of hydrogen-bond donors (Lipinski definition) is 3. The van der Waals surface area contributed by atoms with Crippen LogP contribution in [0.3, 0.4) is 0 Å². The second-order valence-electron chi connectivity index (χ2n) is 4.04. The Kier molecular flexibility index (Phi) is 3.76. The van der Waals surface area contributed by atoms with Gasteiger partial charge in [0.15, 0.2) is 5.82 Å². The number of nitrogen functional groups attached to an aromatic ring is 1. The third-order valence-corrected chi connectivity index (χ3v) is 2.57. The van der Waals surface area contributed by atoms with Crippen LogP contribution in [0, 0.1) is 6.92 Å². The lowest BCUT2D eigenvalue weighted by Gasteiger charge is -2.06. The lowest BCUT2D eigenvalue weighted by molar-refractivity contribution is 0.102. The molecule has 0 aromatic carbocycles. The third-order valence-electron chi connectivity index (χ3n) is 2.57. The maximum Gasteiger partial charge on any atom is 0.257 e. The predicted octanol–water partition coefficient (Wildman–Crippen LogP) is 1.14. The van der Waals surface area contributed by atoms with E-state index < -0.39 is 0 Å². The van der Waals surface area contributed by atoms with Crippen molar-refractivity contribution in [3.05, 3.63) is 35.7 Å². The highest BCUT2D eigenvalue weighted by atomic mass is 16.1. The van der Waals surface area contributed by atoms with Gasteiger partial charge in [0.25, 0.3) is 5.91 Å². The molecule has 1 amide bonds. The van der Waals surface area contributed by atoms with Crippen LogP contribution in [-0.2, 0) is 6.54 Å². The standard InChI is InChI=1S/C12H16N6O/c1-3-18-5-4-10(17-18)15-12(19)9-6-8(2)14-11(7-9)16-13/h4-7H,3,13H2,1-2H3,(H,14,16)(H,15,17,19). The highest BCUT2D eigenvalue weighted by molar-refractivity contribution is 6.04. The van der Waals surface area contributed by atoms with Crippen molar-refractivity contribution in [2.45, 2.75) is 20.4 Å². The number of rotatable bonds is 4. The quantitative estimate of drug-likeness (QED) is 0.565. The largest absolute Gasteiger partial charge is 0.308 e. The monoisotopic (exact) mass is 260 g/mol. The van der Waals surface area contributed by atoms with Gasteiger partial charge in [0.1, 0.15) is 5.82 Å². The summed E-state index contributed by atoms with van der Waals surface area (Å²) in [4.78, 5) is 16.2. The van der Waals surface area contributed by atoms with E-state index in [2.05, 4.69) is 20.8 Å². The van der Waals surface area contributed by atoms with Gasteiger partial charge in [0, 0.05) is 30.1 Å². The van der Waals surface area contributed by atoms with Gasteiger partial charge in [-0.1, -0.05) is 0 Å². The number of hydrazine groups is 1. The Balaban J connectivity index is 2.17. The fourth-order valence-electron chi connectivity index (χ4n) is 1.67. The Hall–Kier alpha value is -2.41. The van der Waals surface area contributed by atoms with Crippen molar-refractivity contribution in [2.75, 3.05) is 10.7 Å². The Morgan fingerprint density at radius 2 is 2.21 bits per heavy atom. The number of carbonyl (C=O) groups is 1.